The maximum Gasteiger partial charge on any atom is 0.286 e. The molecule has 138 valence electrons. The number of hydrogen-bond donors (Lipinski definition) is 3. The number of rotatable bonds is 7. The van der Waals surface area contributed by atoms with Crippen LogP contribution in [0.4, 0.5) is 11.4 Å². The summed E-state index contributed by atoms with van der Waals surface area (Å²) in [5.74, 6) is -0.624. The monoisotopic (exact) mass is 383 g/mol. The molecule has 1 aromatic carbocycles. The zero-order valence-corrected chi connectivity index (χ0v) is 15.0. The van der Waals surface area contributed by atoms with E-state index in [-0.39, 0.29) is 36.4 Å². The molecule has 27 heavy (non-hydrogen) atoms. The highest BCUT2D eigenvalue weighted by molar-refractivity contribution is 7.12. The van der Waals surface area contributed by atoms with E-state index in [0.29, 0.717) is 16.3 Å². The van der Waals surface area contributed by atoms with E-state index in [0.717, 1.165) is 0 Å². The number of furan rings is 1. The molecule has 0 fully saturated rings. The van der Waals surface area contributed by atoms with Crippen molar-refractivity contribution < 1.29 is 18.8 Å². The molecule has 0 aliphatic rings. The van der Waals surface area contributed by atoms with Gasteiger partial charge < -0.3 is 20.4 Å². The molecule has 8 heteroatoms. The number of amides is 3. The van der Waals surface area contributed by atoms with Crippen LogP contribution in [0.1, 0.15) is 26.6 Å². The van der Waals surface area contributed by atoms with E-state index < -0.39 is 0 Å². The van der Waals surface area contributed by atoms with Crippen LogP contribution in [0.15, 0.2) is 64.6 Å². The second-order valence-corrected chi connectivity index (χ2v) is 6.49. The first-order chi connectivity index (χ1) is 13.1. The summed E-state index contributed by atoms with van der Waals surface area (Å²) in [5.41, 5.74) is 1.14. The molecule has 2 heterocycles. The molecule has 0 atom stereocenters. The largest absolute Gasteiger partial charge is 0.459 e. The van der Waals surface area contributed by atoms with Crippen LogP contribution in [-0.2, 0) is 4.79 Å². The Balaban J connectivity index is 1.48. The summed E-state index contributed by atoms with van der Waals surface area (Å²) < 4.78 is 4.97. The lowest BCUT2D eigenvalue weighted by molar-refractivity contribution is -0.116. The van der Waals surface area contributed by atoms with E-state index in [1.165, 1.54) is 17.6 Å². The van der Waals surface area contributed by atoms with Gasteiger partial charge >= 0.3 is 0 Å². The van der Waals surface area contributed by atoms with E-state index in [1.54, 1.807) is 48.5 Å². The molecule has 0 spiro atoms. The first-order valence-electron chi connectivity index (χ1n) is 8.18. The zero-order valence-electron chi connectivity index (χ0n) is 14.2. The van der Waals surface area contributed by atoms with Crippen LogP contribution in [0.25, 0.3) is 0 Å². The Kier molecular flexibility index (Phi) is 6.01. The lowest BCUT2D eigenvalue weighted by Gasteiger charge is -2.09. The molecular weight excluding hydrogens is 366 g/mol. The first-order valence-corrected chi connectivity index (χ1v) is 9.06. The predicted molar refractivity (Wildman–Crippen MR) is 103 cm³/mol. The third kappa shape index (κ3) is 5.29. The molecule has 3 amide bonds. The van der Waals surface area contributed by atoms with Gasteiger partial charge in [-0.1, -0.05) is 12.1 Å². The Morgan fingerprint density at radius 3 is 2.44 bits per heavy atom. The van der Waals surface area contributed by atoms with Crippen LogP contribution >= 0.6 is 11.3 Å². The van der Waals surface area contributed by atoms with Gasteiger partial charge in [0.2, 0.25) is 5.91 Å². The van der Waals surface area contributed by atoms with Gasteiger partial charge in [-0.2, -0.15) is 0 Å². The fourth-order valence-corrected chi connectivity index (χ4v) is 2.90. The summed E-state index contributed by atoms with van der Waals surface area (Å²) >= 11 is 1.35. The highest BCUT2D eigenvalue weighted by atomic mass is 32.1. The minimum absolute atomic E-state index is 0.109. The summed E-state index contributed by atoms with van der Waals surface area (Å²) in [5, 5.41) is 9.96. The zero-order chi connectivity index (χ0) is 19.1. The van der Waals surface area contributed by atoms with Crippen LogP contribution in [0.3, 0.4) is 0 Å². The molecule has 0 radical (unpaired) electrons. The van der Waals surface area contributed by atoms with Crippen molar-refractivity contribution in [2.24, 2.45) is 0 Å². The van der Waals surface area contributed by atoms with E-state index in [4.69, 9.17) is 4.42 Å². The molecule has 3 rings (SSSR count). The van der Waals surface area contributed by atoms with Crippen molar-refractivity contribution in [1.29, 1.82) is 0 Å². The summed E-state index contributed by atoms with van der Waals surface area (Å²) in [4.78, 5) is 36.4. The quantitative estimate of drug-likeness (QED) is 0.582. The average molecular weight is 383 g/mol. The number of carbonyl (C=O) groups excluding carboxylic acids is 3. The third-order valence-corrected chi connectivity index (χ3v) is 4.40. The first kappa shape index (κ1) is 18.4. The minimum atomic E-state index is -0.369. The Morgan fingerprint density at radius 1 is 0.926 bits per heavy atom. The normalized spacial score (nSPS) is 10.2. The number of anilines is 2. The van der Waals surface area contributed by atoms with E-state index in [1.807, 2.05) is 5.38 Å². The summed E-state index contributed by atoms with van der Waals surface area (Å²) in [6.07, 6.45) is 1.52. The van der Waals surface area contributed by atoms with Crippen molar-refractivity contribution in [3.05, 3.63) is 70.8 Å². The highest BCUT2D eigenvalue weighted by Crippen LogP contribution is 2.17. The van der Waals surface area contributed by atoms with Gasteiger partial charge in [0.25, 0.3) is 11.8 Å². The summed E-state index contributed by atoms with van der Waals surface area (Å²) in [6, 6.07) is 13.6. The van der Waals surface area contributed by atoms with E-state index >= 15 is 0 Å². The molecule has 7 nitrogen and oxygen atoms in total. The van der Waals surface area contributed by atoms with Crippen molar-refractivity contribution in [2.45, 2.75) is 6.42 Å². The van der Waals surface area contributed by atoms with Crippen LogP contribution in [0, 0.1) is 0 Å². The number of nitrogens with one attached hydrogen (secondary N) is 3. The van der Waals surface area contributed by atoms with Crippen LogP contribution in [-0.4, -0.2) is 24.3 Å². The molecule has 0 unspecified atom stereocenters. The molecule has 0 bridgehead atoms. The van der Waals surface area contributed by atoms with Crippen LogP contribution in [0.2, 0.25) is 0 Å². The van der Waals surface area contributed by atoms with Gasteiger partial charge in [-0.3, -0.25) is 14.4 Å². The highest BCUT2D eigenvalue weighted by Gasteiger charge is 2.10. The molecule has 0 aliphatic heterocycles. The second-order valence-electron chi connectivity index (χ2n) is 5.54. The van der Waals surface area contributed by atoms with Crippen molar-refractivity contribution in [3.63, 3.8) is 0 Å². The Labute approximate surface area is 159 Å². The lowest BCUT2D eigenvalue weighted by atomic mass is 10.2. The van der Waals surface area contributed by atoms with Gasteiger partial charge in [0.05, 0.1) is 11.1 Å². The predicted octanol–water partition coefficient (Wildman–Crippen LogP) is 3.35. The van der Waals surface area contributed by atoms with Crippen LogP contribution < -0.4 is 16.0 Å². The van der Waals surface area contributed by atoms with Crippen molar-refractivity contribution >= 4 is 40.4 Å². The fourth-order valence-electron chi connectivity index (χ4n) is 2.28. The van der Waals surface area contributed by atoms with Crippen molar-refractivity contribution in [2.75, 3.05) is 17.2 Å². The second kappa shape index (κ2) is 8.81. The van der Waals surface area contributed by atoms with E-state index in [9.17, 15) is 14.4 Å². The molecule has 2 aromatic heterocycles. The molecule has 3 aromatic rings. The van der Waals surface area contributed by atoms with Gasteiger partial charge in [0.15, 0.2) is 5.76 Å². The minimum Gasteiger partial charge on any atom is -0.459 e. The molecule has 0 saturated carbocycles. The molecule has 0 saturated heterocycles. The number of thiophene rings is 1. The standard InChI is InChI=1S/C19H17N3O4S/c23-17(8-9-20-18(24)15-6-2-10-26-15)21-13-4-1-5-14(12-13)22-19(25)16-7-3-11-27-16/h1-7,10-12H,8-9H2,(H,20,24)(H,21,23)(H,22,25). The van der Waals surface area contributed by atoms with Gasteiger partial charge in [0, 0.05) is 24.3 Å². The SMILES string of the molecule is O=C(CCNC(=O)c1ccco1)Nc1cccc(NC(=O)c2cccs2)c1. The molecule has 3 N–H and O–H groups in total. The number of benzene rings is 1. The third-order valence-electron chi connectivity index (χ3n) is 3.53. The van der Waals surface area contributed by atoms with Crippen molar-refractivity contribution in [1.82, 2.24) is 5.32 Å². The van der Waals surface area contributed by atoms with Gasteiger partial charge in [-0.25, -0.2) is 0 Å². The van der Waals surface area contributed by atoms with Crippen LogP contribution in [0.5, 0.6) is 0 Å². The number of hydrogen-bond acceptors (Lipinski definition) is 5. The molecule has 0 aliphatic carbocycles. The topological polar surface area (TPSA) is 100 Å². The molecular formula is C19H17N3O4S. The fraction of sp³-hybridized carbons (Fsp3) is 0.105. The van der Waals surface area contributed by atoms with Gasteiger partial charge in [-0.15, -0.1) is 11.3 Å². The smallest absolute Gasteiger partial charge is 0.286 e. The number of carbonyl (C=O) groups is 3. The average Bonchev–Trinajstić information content (AvgIpc) is 3.36. The lowest BCUT2D eigenvalue weighted by Crippen LogP contribution is -2.27. The Bertz CT molecular complexity index is 920. The Hall–Kier alpha value is -3.39. The summed E-state index contributed by atoms with van der Waals surface area (Å²) in [7, 11) is 0. The Morgan fingerprint density at radius 2 is 1.74 bits per heavy atom. The van der Waals surface area contributed by atoms with E-state index in [2.05, 4.69) is 16.0 Å². The maximum atomic E-state index is 12.1. The van der Waals surface area contributed by atoms with Crippen molar-refractivity contribution in [3.8, 4) is 0 Å². The summed E-state index contributed by atoms with van der Waals surface area (Å²) in [6.45, 7) is 0.181. The van der Waals surface area contributed by atoms with Gasteiger partial charge in [0.1, 0.15) is 0 Å². The maximum absolute atomic E-state index is 12.1. The van der Waals surface area contributed by atoms with Gasteiger partial charge in [-0.05, 0) is 41.8 Å².